The minimum absolute atomic E-state index is 0.0280. The molecule has 21 heavy (non-hydrogen) atoms. The smallest absolute Gasteiger partial charge is 0.387 e. The van der Waals surface area contributed by atoms with Crippen molar-refractivity contribution in [1.29, 1.82) is 0 Å². The summed E-state index contributed by atoms with van der Waals surface area (Å²) in [5.74, 6) is 0.547. The van der Waals surface area contributed by atoms with Gasteiger partial charge in [-0.25, -0.2) is 0 Å². The van der Waals surface area contributed by atoms with Crippen LogP contribution in [0.1, 0.15) is 11.3 Å². The van der Waals surface area contributed by atoms with Gasteiger partial charge in [-0.2, -0.15) is 13.9 Å². The number of nitrogens with one attached hydrogen (secondary N) is 1. The number of nitrogens with two attached hydrogens (primary N) is 1. The van der Waals surface area contributed by atoms with Gasteiger partial charge in [0.25, 0.3) is 0 Å². The Bertz CT molecular complexity index is 672. The molecule has 0 atom stereocenters. The van der Waals surface area contributed by atoms with Gasteiger partial charge in [-0.15, -0.1) is 0 Å². The maximum Gasteiger partial charge on any atom is 0.387 e. The lowest BCUT2D eigenvalue weighted by molar-refractivity contribution is -0.0493. The molecule has 1 heterocycles. The van der Waals surface area contributed by atoms with Crippen molar-refractivity contribution in [1.82, 2.24) is 9.78 Å². The lowest BCUT2D eigenvalue weighted by atomic mass is 10.2. The van der Waals surface area contributed by atoms with Crippen LogP contribution in [0.25, 0.3) is 0 Å². The molecule has 0 bridgehead atoms. The van der Waals surface area contributed by atoms with Gasteiger partial charge in [0.05, 0.1) is 16.9 Å². The molecule has 0 aliphatic carbocycles. The molecule has 3 N–H and O–H groups in total. The van der Waals surface area contributed by atoms with Gasteiger partial charge in [0.15, 0.2) is 0 Å². The Kier molecular flexibility index (Phi) is 4.37. The van der Waals surface area contributed by atoms with E-state index < -0.39 is 6.61 Å². The molecular weight excluding hydrogens is 298 g/mol. The molecule has 0 spiro atoms. The number of anilines is 2. The summed E-state index contributed by atoms with van der Waals surface area (Å²) < 4.78 is 30.9. The summed E-state index contributed by atoms with van der Waals surface area (Å²) in [7, 11) is 1.70. The zero-order chi connectivity index (χ0) is 15.6. The number of hydrogen-bond acceptors (Lipinski definition) is 4. The average Bonchev–Trinajstić information content (AvgIpc) is 2.66. The molecule has 8 heteroatoms. The highest BCUT2D eigenvalue weighted by Gasteiger charge is 2.17. The molecule has 0 fully saturated rings. The zero-order valence-corrected chi connectivity index (χ0v) is 12.2. The first kappa shape index (κ1) is 15.2. The van der Waals surface area contributed by atoms with E-state index in [1.165, 1.54) is 6.07 Å². The Morgan fingerprint density at radius 3 is 2.71 bits per heavy atom. The molecular formula is C13H14F2N4OS. The minimum atomic E-state index is -2.91. The number of aromatic nitrogens is 2. The van der Waals surface area contributed by atoms with Gasteiger partial charge in [0.2, 0.25) is 0 Å². The van der Waals surface area contributed by atoms with E-state index in [0.29, 0.717) is 22.8 Å². The van der Waals surface area contributed by atoms with E-state index in [1.807, 2.05) is 0 Å². The van der Waals surface area contributed by atoms with Crippen molar-refractivity contribution in [3.63, 3.8) is 0 Å². The van der Waals surface area contributed by atoms with E-state index >= 15 is 0 Å². The third kappa shape index (κ3) is 3.27. The standard InChI is InChI=1S/C13H14F2N4OS/c1-7-10(11(16)21)12(19(2)18-7)17-8-5-3-4-6-9(8)20-13(14)15/h3-6,13,17H,1-2H3,(H2,16,21). The second-order valence-corrected chi connectivity index (χ2v) is 4.74. The molecule has 0 amide bonds. The van der Waals surface area contributed by atoms with Crippen molar-refractivity contribution in [3.05, 3.63) is 35.5 Å². The molecule has 112 valence electrons. The number of ether oxygens (including phenoxy) is 1. The zero-order valence-electron chi connectivity index (χ0n) is 11.4. The highest BCUT2D eigenvalue weighted by Crippen LogP contribution is 2.30. The maximum atomic E-state index is 12.4. The first-order valence-corrected chi connectivity index (χ1v) is 6.45. The third-order valence-electron chi connectivity index (χ3n) is 2.82. The lowest BCUT2D eigenvalue weighted by Crippen LogP contribution is -2.13. The van der Waals surface area contributed by atoms with Crippen molar-refractivity contribution >= 4 is 28.7 Å². The Morgan fingerprint density at radius 1 is 1.43 bits per heavy atom. The largest absolute Gasteiger partial charge is 0.433 e. The fourth-order valence-electron chi connectivity index (χ4n) is 1.99. The highest BCUT2D eigenvalue weighted by molar-refractivity contribution is 7.80. The molecule has 0 saturated heterocycles. The predicted octanol–water partition coefficient (Wildman–Crippen LogP) is 2.71. The molecule has 0 aliphatic heterocycles. The molecule has 2 aromatic rings. The second kappa shape index (κ2) is 6.04. The van der Waals surface area contributed by atoms with Crippen LogP contribution in [0, 0.1) is 6.92 Å². The summed E-state index contributed by atoms with van der Waals surface area (Å²) in [4.78, 5) is 0.176. The van der Waals surface area contributed by atoms with Gasteiger partial charge < -0.3 is 15.8 Å². The van der Waals surface area contributed by atoms with Crippen molar-refractivity contribution in [2.24, 2.45) is 12.8 Å². The number of nitrogens with zero attached hydrogens (tertiary/aromatic N) is 2. The quantitative estimate of drug-likeness (QED) is 0.831. The summed E-state index contributed by atoms with van der Waals surface area (Å²) in [6.07, 6.45) is 0. The van der Waals surface area contributed by atoms with Crippen LogP contribution in [0.3, 0.4) is 0 Å². The van der Waals surface area contributed by atoms with E-state index in [2.05, 4.69) is 15.2 Å². The number of thiocarbonyl (C=S) groups is 1. The van der Waals surface area contributed by atoms with Crippen LogP contribution in [0.15, 0.2) is 24.3 Å². The summed E-state index contributed by atoms with van der Waals surface area (Å²) in [5, 5.41) is 7.21. The van der Waals surface area contributed by atoms with Gasteiger partial charge in [0, 0.05) is 7.05 Å². The number of para-hydroxylation sites is 2. The summed E-state index contributed by atoms with van der Waals surface area (Å²) in [6.45, 7) is -1.14. The summed E-state index contributed by atoms with van der Waals surface area (Å²) in [5.41, 5.74) is 7.28. The molecule has 0 radical (unpaired) electrons. The molecule has 0 saturated carbocycles. The van der Waals surface area contributed by atoms with Gasteiger partial charge in [-0.3, -0.25) is 4.68 Å². The number of aryl methyl sites for hydroxylation is 2. The summed E-state index contributed by atoms with van der Waals surface area (Å²) >= 11 is 5.00. The first-order valence-electron chi connectivity index (χ1n) is 6.04. The second-order valence-electron chi connectivity index (χ2n) is 4.30. The van der Waals surface area contributed by atoms with E-state index in [1.54, 1.807) is 36.9 Å². The number of halogens is 2. The van der Waals surface area contributed by atoms with Crippen LogP contribution in [0.2, 0.25) is 0 Å². The molecule has 1 aromatic heterocycles. The number of hydrogen-bond donors (Lipinski definition) is 2. The number of alkyl halides is 2. The molecule has 0 unspecified atom stereocenters. The predicted molar refractivity (Wildman–Crippen MR) is 80.2 cm³/mol. The normalized spacial score (nSPS) is 10.7. The first-order chi connectivity index (χ1) is 9.90. The Labute approximate surface area is 125 Å². The van der Waals surface area contributed by atoms with E-state index in [0.717, 1.165) is 0 Å². The van der Waals surface area contributed by atoms with Crippen LogP contribution in [0.4, 0.5) is 20.3 Å². The van der Waals surface area contributed by atoms with E-state index in [4.69, 9.17) is 18.0 Å². The Balaban J connectivity index is 2.41. The summed E-state index contributed by atoms with van der Waals surface area (Å²) in [6, 6.07) is 6.36. The van der Waals surface area contributed by atoms with Crippen LogP contribution < -0.4 is 15.8 Å². The van der Waals surface area contributed by atoms with Crippen LogP contribution in [0.5, 0.6) is 5.75 Å². The van der Waals surface area contributed by atoms with Crippen LogP contribution >= 0.6 is 12.2 Å². The minimum Gasteiger partial charge on any atom is -0.433 e. The van der Waals surface area contributed by atoms with Crippen molar-refractivity contribution in [2.75, 3.05) is 5.32 Å². The lowest BCUT2D eigenvalue weighted by Gasteiger charge is -2.13. The fraction of sp³-hybridized carbons (Fsp3) is 0.231. The molecule has 2 rings (SSSR count). The third-order valence-corrected chi connectivity index (χ3v) is 3.03. The van der Waals surface area contributed by atoms with Gasteiger partial charge in [-0.1, -0.05) is 24.4 Å². The van der Waals surface area contributed by atoms with Crippen molar-refractivity contribution in [2.45, 2.75) is 13.5 Å². The van der Waals surface area contributed by atoms with Crippen molar-refractivity contribution in [3.8, 4) is 5.75 Å². The SMILES string of the molecule is Cc1nn(C)c(Nc2ccccc2OC(F)F)c1C(N)=S. The molecule has 1 aromatic carbocycles. The van der Waals surface area contributed by atoms with Gasteiger partial charge >= 0.3 is 6.61 Å². The van der Waals surface area contributed by atoms with E-state index in [9.17, 15) is 8.78 Å². The maximum absolute atomic E-state index is 12.4. The highest BCUT2D eigenvalue weighted by atomic mass is 32.1. The van der Waals surface area contributed by atoms with Crippen LogP contribution in [-0.2, 0) is 7.05 Å². The molecule has 5 nitrogen and oxygen atoms in total. The van der Waals surface area contributed by atoms with E-state index in [-0.39, 0.29) is 10.7 Å². The van der Waals surface area contributed by atoms with Gasteiger partial charge in [-0.05, 0) is 19.1 Å². The number of benzene rings is 1. The fourth-order valence-corrected chi connectivity index (χ4v) is 2.24. The van der Waals surface area contributed by atoms with Crippen LogP contribution in [-0.4, -0.2) is 21.4 Å². The average molecular weight is 312 g/mol. The Morgan fingerprint density at radius 2 is 2.10 bits per heavy atom. The van der Waals surface area contributed by atoms with Gasteiger partial charge in [0.1, 0.15) is 16.6 Å². The topological polar surface area (TPSA) is 65.1 Å². The molecule has 0 aliphatic rings. The van der Waals surface area contributed by atoms with Crippen molar-refractivity contribution < 1.29 is 13.5 Å². The monoisotopic (exact) mass is 312 g/mol. The number of rotatable bonds is 5. The Hall–Kier alpha value is -2.22.